The van der Waals surface area contributed by atoms with Gasteiger partial charge in [-0.25, -0.2) is 9.97 Å². The van der Waals surface area contributed by atoms with Gasteiger partial charge >= 0.3 is 11.9 Å². The molecular formula is C33H33ClN6O7S2. The molecule has 13 nitrogen and oxygen atoms in total. The predicted octanol–water partition coefficient (Wildman–Crippen LogP) is 4.49. The summed E-state index contributed by atoms with van der Waals surface area (Å²) in [6, 6.07) is 18.4. The van der Waals surface area contributed by atoms with Crippen molar-refractivity contribution in [2.75, 3.05) is 45.3 Å². The third kappa shape index (κ3) is 12.3. The highest BCUT2D eigenvalue weighted by Gasteiger charge is 2.21. The molecule has 256 valence electrons. The first-order valence-corrected chi connectivity index (χ1v) is 16.9. The number of anilines is 1. The molecule has 4 aromatic rings. The van der Waals surface area contributed by atoms with Crippen molar-refractivity contribution >= 4 is 52.5 Å². The van der Waals surface area contributed by atoms with E-state index in [1.165, 1.54) is 23.1 Å². The van der Waals surface area contributed by atoms with Gasteiger partial charge in [0.05, 0.1) is 37.3 Å². The number of rotatable bonds is 16. The first-order chi connectivity index (χ1) is 23.7. The second-order valence-corrected chi connectivity index (χ2v) is 12.0. The molecule has 0 fully saturated rings. The third-order valence-corrected chi connectivity index (χ3v) is 8.49. The van der Waals surface area contributed by atoms with Crippen LogP contribution in [0.5, 0.6) is 5.75 Å². The fourth-order valence-corrected chi connectivity index (χ4v) is 5.97. The van der Waals surface area contributed by atoms with Crippen LogP contribution in [0.25, 0.3) is 21.7 Å². The highest BCUT2D eigenvalue weighted by molar-refractivity contribution is 7.98. The van der Waals surface area contributed by atoms with E-state index < -0.39 is 11.9 Å². The minimum atomic E-state index is -1.08. The summed E-state index contributed by atoms with van der Waals surface area (Å²) in [5, 5.41) is 51.4. The molecule has 0 aliphatic rings. The maximum Gasteiger partial charge on any atom is 0.306 e. The van der Waals surface area contributed by atoms with Crippen molar-refractivity contribution < 1.29 is 34.4 Å². The smallest absolute Gasteiger partial charge is 0.306 e. The number of carbonyl (C=O) groups excluding carboxylic acids is 1. The largest absolute Gasteiger partial charge is 0.490 e. The van der Waals surface area contributed by atoms with E-state index in [1.54, 1.807) is 36.4 Å². The Bertz CT molecular complexity index is 1770. The lowest BCUT2D eigenvalue weighted by molar-refractivity contribution is -0.148. The molecule has 0 aliphatic carbocycles. The molecule has 0 spiro atoms. The number of nitrogens with two attached hydrogens (primary N) is 1. The fraction of sp³-hybridized carbons (Fsp3) is 0.273. The molecule has 4 rings (SSSR count). The summed E-state index contributed by atoms with van der Waals surface area (Å²) < 4.78 is 10.5. The van der Waals surface area contributed by atoms with Crippen LogP contribution in [0.2, 0.25) is 5.02 Å². The standard InChI is InChI=1S/C29H22ClN5O5S2.C4H11NO2/c30-19-5-1-18(2-6-19)28-34-20(15-41-28)16-42-29-23(14-32)26(22(13-31)27(33)35-29)17-3-7-21(8-4-17)39-11-12-40-25(38)10-9-24(36)37;6-3-1-5-2-4-7/h1-8,15H,9-12,16H2,(H2,33,35)(H,36,37);5-7H,1-4H2. The Morgan fingerprint density at radius 1 is 0.939 bits per heavy atom. The number of hydrogen-bond acceptors (Lipinski definition) is 14. The first kappa shape index (κ1) is 38.7. The molecule has 0 aliphatic heterocycles. The minimum Gasteiger partial charge on any atom is -0.490 e. The number of ether oxygens (including phenoxy) is 2. The third-order valence-electron chi connectivity index (χ3n) is 6.29. The number of nitrogen functional groups attached to an aromatic ring is 1. The maximum absolute atomic E-state index is 11.5. The van der Waals surface area contributed by atoms with Crippen LogP contribution in [0, 0.1) is 22.7 Å². The van der Waals surface area contributed by atoms with Gasteiger partial charge in [0.25, 0.3) is 0 Å². The van der Waals surface area contributed by atoms with E-state index in [-0.39, 0.29) is 56.2 Å². The van der Waals surface area contributed by atoms with E-state index in [0.717, 1.165) is 16.3 Å². The molecule has 0 saturated heterocycles. The number of pyridine rings is 1. The average Bonchev–Trinajstić information content (AvgIpc) is 3.58. The van der Waals surface area contributed by atoms with Crippen molar-refractivity contribution in [1.82, 2.24) is 15.3 Å². The van der Waals surface area contributed by atoms with Crippen molar-refractivity contribution in [3.63, 3.8) is 0 Å². The van der Waals surface area contributed by atoms with E-state index in [2.05, 4.69) is 27.4 Å². The van der Waals surface area contributed by atoms with Gasteiger partial charge in [0.15, 0.2) is 0 Å². The van der Waals surface area contributed by atoms with Crippen molar-refractivity contribution in [3.8, 4) is 39.6 Å². The predicted molar refractivity (Wildman–Crippen MR) is 186 cm³/mol. The van der Waals surface area contributed by atoms with Crippen LogP contribution in [0.3, 0.4) is 0 Å². The molecule has 0 unspecified atom stereocenters. The molecule has 0 radical (unpaired) electrons. The Morgan fingerprint density at radius 3 is 2.20 bits per heavy atom. The summed E-state index contributed by atoms with van der Waals surface area (Å²) in [5.74, 6) is -0.782. The Kier molecular flexibility index (Phi) is 16.3. The van der Waals surface area contributed by atoms with Crippen LogP contribution < -0.4 is 15.8 Å². The number of halogens is 1. The lowest BCUT2D eigenvalue weighted by Gasteiger charge is -2.13. The second-order valence-electron chi connectivity index (χ2n) is 9.77. The number of hydrogen-bond donors (Lipinski definition) is 5. The molecule has 2 aromatic carbocycles. The quantitative estimate of drug-likeness (QED) is 0.0610. The number of aliphatic carboxylic acids is 1. The summed E-state index contributed by atoms with van der Waals surface area (Å²) in [7, 11) is 0. The number of carboxylic acid groups (broad SMARTS) is 1. The SMILES string of the molecule is N#Cc1c(N)nc(SCc2csc(-c3ccc(Cl)cc3)n2)c(C#N)c1-c1ccc(OCCOC(=O)CCC(=O)O)cc1.OCCNCCO. The van der Waals surface area contributed by atoms with Crippen LogP contribution in [0.15, 0.2) is 58.9 Å². The molecule has 0 bridgehead atoms. The maximum atomic E-state index is 11.5. The Balaban J connectivity index is 0.000000838. The second kappa shape index (κ2) is 20.6. The monoisotopic (exact) mass is 724 g/mol. The molecule has 0 saturated carbocycles. The van der Waals surface area contributed by atoms with Crippen LogP contribution in [0.1, 0.15) is 29.7 Å². The Hall–Kier alpha value is -4.74. The number of thioether (sulfide) groups is 1. The van der Waals surface area contributed by atoms with Gasteiger partial charge < -0.3 is 35.8 Å². The van der Waals surface area contributed by atoms with Crippen LogP contribution >= 0.6 is 34.7 Å². The normalized spacial score (nSPS) is 10.3. The van der Waals surface area contributed by atoms with E-state index >= 15 is 0 Å². The highest BCUT2D eigenvalue weighted by Crippen LogP contribution is 2.37. The van der Waals surface area contributed by atoms with Gasteiger partial charge in [0, 0.05) is 40.4 Å². The number of thiazole rings is 1. The van der Waals surface area contributed by atoms with E-state index in [9.17, 15) is 20.1 Å². The number of aliphatic hydroxyl groups excluding tert-OH is 2. The van der Waals surface area contributed by atoms with Crippen LogP contribution in [0.4, 0.5) is 5.82 Å². The molecule has 2 aromatic heterocycles. The molecule has 16 heteroatoms. The van der Waals surface area contributed by atoms with Gasteiger partial charge in [-0.3, -0.25) is 9.59 Å². The molecule has 0 atom stereocenters. The van der Waals surface area contributed by atoms with Gasteiger partial charge in [-0.2, -0.15) is 10.5 Å². The van der Waals surface area contributed by atoms with Crippen molar-refractivity contribution in [3.05, 3.63) is 75.8 Å². The van der Waals surface area contributed by atoms with E-state index in [1.807, 2.05) is 17.5 Å². The Morgan fingerprint density at radius 2 is 1.59 bits per heavy atom. The van der Waals surface area contributed by atoms with Crippen LogP contribution in [-0.2, 0) is 20.1 Å². The summed E-state index contributed by atoms with van der Waals surface area (Å²) in [6.45, 7) is 1.44. The summed E-state index contributed by atoms with van der Waals surface area (Å²) in [5.41, 5.74) is 9.16. The number of carboxylic acids is 1. The van der Waals surface area contributed by atoms with E-state index in [4.69, 9.17) is 42.1 Å². The summed E-state index contributed by atoms with van der Waals surface area (Å²) >= 11 is 8.78. The average molecular weight is 725 g/mol. The fourth-order valence-electron chi connectivity index (χ4n) is 4.03. The number of benzene rings is 2. The minimum absolute atomic E-state index is 0.0131. The van der Waals surface area contributed by atoms with Gasteiger partial charge in [0.1, 0.15) is 52.5 Å². The van der Waals surface area contributed by atoms with Crippen LogP contribution in [-0.4, -0.2) is 76.7 Å². The number of esters is 1. The zero-order valence-electron chi connectivity index (χ0n) is 26.1. The zero-order valence-corrected chi connectivity index (χ0v) is 28.5. The Labute approximate surface area is 295 Å². The first-order valence-electron chi connectivity index (χ1n) is 14.7. The molecule has 0 amide bonds. The number of nitriles is 2. The van der Waals surface area contributed by atoms with Gasteiger partial charge in [-0.05, 0) is 29.8 Å². The number of aliphatic hydroxyl groups is 2. The van der Waals surface area contributed by atoms with Crippen molar-refractivity contribution in [2.45, 2.75) is 23.6 Å². The molecule has 49 heavy (non-hydrogen) atoms. The molecule has 6 N–H and O–H groups in total. The lowest BCUT2D eigenvalue weighted by atomic mass is 9.97. The number of nitrogens with zero attached hydrogens (tertiary/aromatic N) is 4. The topological polar surface area (TPSA) is 225 Å². The highest BCUT2D eigenvalue weighted by atomic mass is 35.5. The van der Waals surface area contributed by atoms with E-state index in [0.29, 0.717) is 45.8 Å². The van der Waals surface area contributed by atoms with Crippen molar-refractivity contribution in [2.24, 2.45) is 0 Å². The van der Waals surface area contributed by atoms with Gasteiger partial charge in [0.2, 0.25) is 0 Å². The number of aromatic nitrogens is 2. The van der Waals surface area contributed by atoms with Gasteiger partial charge in [-0.15, -0.1) is 11.3 Å². The number of carbonyl (C=O) groups is 2. The zero-order chi connectivity index (χ0) is 35.6. The lowest BCUT2D eigenvalue weighted by Crippen LogP contribution is -2.21. The summed E-state index contributed by atoms with van der Waals surface area (Å²) in [6.07, 6.45) is -0.511. The summed E-state index contributed by atoms with van der Waals surface area (Å²) in [4.78, 5) is 31.1. The number of nitrogens with one attached hydrogen (secondary N) is 1. The van der Waals surface area contributed by atoms with Crippen molar-refractivity contribution in [1.29, 1.82) is 10.5 Å². The molecular weight excluding hydrogens is 692 g/mol. The van der Waals surface area contributed by atoms with Gasteiger partial charge in [-0.1, -0.05) is 47.6 Å². The molecule has 2 heterocycles.